The summed E-state index contributed by atoms with van der Waals surface area (Å²) < 4.78 is 19.6. The molecule has 22 heavy (non-hydrogen) atoms. The molecule has 0 aromatic carbocycles. The fraction of sp³-hybridized carbons (Fsp3) is 0.500. The molecule has 1 atom stereocenters. The number of esters is 2. The van der Waals surface area contributed by atoms with E-state index < -0.39 is 24.3 Å². The van der Waals surface area contributed by atoms with E-state index in [0.717, 1.165) is 4.90 Å². The summed E-state index contributed by atoms with van der Waals surface area (Å²) in [5.74, 6) is -0.731. The zero-order valence-corrected chi connectivity index (χ0v) is 13.0. The van der Waals surface area contributed by atoms with Gasteiger partial charge in [-0.1, -0.05) is 0 Å². The number of hydrogen-bond acceptors (Lipinski definition) is 7. The molecule has 0 fully saturated rings. The summed E-state index contributed by atoms with van der Waals surface area (Å²) in [4.78, 5) is 35.6. The molecule has 1 unspecified atom stereocenters. The largest absolute Gasteiger partial charge is 0.465 e. The second-order valence-corrected chi connectivity index (χ2v) is 4.43. The maximum Gasteiger partial charge on any atom is 0.413 e. The van der Waals surface area contributed by atoms with Crippen LogP contribution in [0, 0.1) is 6.92 Å². The van der Waals surface area contributed by atoms with E-state index in [1.807, 2.05) is 0 Å². The number of likely N-dealkylation sites (N-methyl/N-ethyl adjacent to an activating group) is 1. The molecule has 0 aliphatic carbocycles. The second-order valence-electron chi connectivity index (χ2n) is 4.43. The molecule has 1 rings (SSSR count). The Hall–Kier alpha value is -2.51. The zero-order chi connectivity index (χ0) is 16.7. The Balaban J connectivity index is 2.43. The van der Waals surface area contributed by atoms with Crippen molar-refractivity contribution in [1.82, 2.24) is 4.90 Å². The second kappa shape index (κ2) is 8.06. The van der Waals surface area contributed by atoms with Gasteiger partial charge in [0.2, 0.25) is 12.1 Å². The minimum atomic E-state index is -1.13. The van der Waals surface area contributed by atoms with Gasteiger partial charge >= 0.3 is 18.0 Å². The van der Waals surface area contributed by atoms with Crippen molar-refractivity contribution >= 4 is 18.0 Å². The number of nitrogens with zero attached hydrogens (tertiary/aromatic N) is 1. The molecule has 1 heterocycles. The molecule has 1 aromatic heterocycles. The summed E-state index contributed by atoms with van der Waals surface area (Å²) >= 11 is 0. The molecule has 0 spiro atoms. The summed E-state index contributed by atoms with van der Waals surface area (Å²) in [7, 11) is 1.36. The number of furan rings is 1. The van der Waals surface area contributed by atoms with Crippen LogP contribution < -0.4 is 0 Å². The lowest BCUT2D eigenvalue weighted by atomic mass is 10.4. The van der Waals surface area contributed by atoms with Gasteiger partial charge in [0, 0.05) is 14.0 Å². The maximum atomic E-state index is 11.7. The van der Waals surface area contributed by atoms with E-state index in [1.54, 1.807) is 19.9 Å². The Kier molecular flexibility index (Phi) is 6.43. The standard InChI is InChI=1S/C14H19NO7/c1-5-19-12(16)8-15(4)14(18)22-10(3)21-13(17)11-7-6-9(2)20-11/h6-7,10H,5,8H2,1-4H3. The minimum Gasteiger partial charge on any atom is -0.465 e. The molecular weight excluding hydrogens is 294 g/mol. The molecule has 0 saturated heterocycles. The van der Waals surface area contributed by atoms with E-state index >= 15 is 0 Å². The van der Waals surface area contributed by atoms with Crippen LogP contribution in [0.2, 0.25) is 0 Å². The van der Waals surface area contributed by atoms with Crippen molar-refractivity contribution < 1.29 is 33.0 Å². The van der Waals surface area contributed by atoms with Crippen LogP contribution >= 0.6 is 0 Å². The normalized spacial score (nSPS) is 11.5. The van der Waals surface area contributed by atoms with E-state index in [-0.39, 0.29) is 18.9 Å². The molecule has 0 bridgehead atoms. The molecule has 0 aliphatic rings. The molecule has 0 radical (unpaired) electrons. The lowest BCUT2D eigenvalue weighted by Crippen LogP contribution is -2.36. The van der Waals surface area contributed by atoms with Crippen molar-refractivity contribution in [2.24, 2.45) is 0 Å². The van der Waals surface area contributed by atoms with Crippen molar-refractivity contribution in [2.75, 3.05) is 20.2 Å². The number of rotatable bonds is 6. The third kappa shape index (κ3) is 5.47. The van der Waals surface area contributed by atoms with Crippen LogP contribution in [-0.4, -0.2) is 49.4 Å². The molecule has 0 N–H and O–H groups in total. The van der Waals surface area contributed by atoms with E-state index in [4.69, 9.17) is 18.6 Å². The van der Waals surface area contributed by atoms with Gasteiger partial charge in [-0.05, 0) is 26.0 Å². The van der Waals surface area contributed by atoms with Crippen LogP contribution in [0.3, 0.4) is 0 Å². The third-order valence-electron chi connectivity index (χ3n) is 2.46. The molecule has 1 amide bonds. The van der Waals surface area contributed by atoms with Gasteiger partial charge in [0.25, 0.3) is 0 Å². The van der Waals surface area contributed by atoms with Crippen LogP contribution in [-0.2, 0) is 19.0 Å². The number of carbonyl (C=O) groups excluding carboxylic acids is 3. The minimum absolute atomic E-state index is 0.0141. The highest BCUT2D eigenvalue weighted by Crippen LogP contribution is 2.10. The Bertz CT molecular complexity index is 537. The van der Waals surface area contributed by atoms with Crippen LogP contribution in [0.5, 0.6) is 0 Å². The van der Waals surface area contributed by atoms with E-state index in [0.29, 0.717) is 5.76 Å². The van der Waals surface area contributed by atoms with E-state index in [2.05, 4.69) is 0 Å². The molecule has 122 valence electrons. The first-order valence-electron chi connectivity index (χ1n) is 6.68. The first kappa shape index (κ1) is 17.5. The topological polar surface area (TPSA) is 95.3 Å². The average molecular weight is 313 g/mol. The first-order valence-corrected chi connectivity index (χ1v) is 6.68. The predicted octanol–water partition coefficient (Wildman–Crippen LogP) is 1.72. The van der Waals surface area contributed by atoms with E-state index in [1.165, 1.54) is 20.0 Å². The molecule has 8 heteroatoms. The number of amides is 1. The monoisotopic (exact) mass is 313 g/mol. The number of hydrogen-bond donors (Lipinski definition) is 0. The number of aryl methyl sites for hydroxylation is 1. The van der Waals surface area contributed by atoms with Crippen LogP contribution in [0.4, 0.5) is 4.79 Å². The highest BCUT2D eigenvalue weighted by Gasteiger charge is 2.21. The summed E-state index contributed by atoms with van der Waals surface area (Å²) in [6, 6.07) is 3.07. The lowest BCUT2D eigenvalue weighted by molar-refractivity contribution is -0.144. The number of ether oxygens (including phenoxy) is 3. The summed E-state index contributed by atoms with van der Waals surface area (Å²) in [6.07, 6.45) is -1.95. The van der Waals surface area contributed by atoms with Gasteiger partial charge in [0.1, 0.15) is 12.3 Å². The van der Waals surface area contributed by atoms with Crippen molar-refractivity contribution in [3.8, 4) is 0 Å². The smallest absolute Gasteiger partial charge is 0.413 e. The van der Waals surface area contributed by atoms with Gasteiger partial charge in [0.05, 0.1) is 6.61 Å². The highest BCUT2D eigenvalue weighted by molar-refractivity contribution is 5.86. The summed E-state index contributed by atoms with van der Waals surface area (Å²) in [6.45, 7) is 4.69. The van der Waals surface area contributed by atoms with Gasteiger partial charge in [-0.25, -0.2) is 9.59 Å². The number of carbonyl (C=O) groups is 3. The predicted molar refractivity (Wildman–Crippen MR) is 74.1 cm³/mol. The quantitative estimate of drug-likeness (QED) is 0.583. The Morgan fingerprint density at radius 3 is 2.50 bits per heavy atom. The molecule has 0 saturated carbocycles. The molecule has 1 aromatic rings. The van der Waals surface area contributed by atoms with Crippen LogP contribution in [0.1, 0.15) is 30.2 Å². The lowest BCUT2D eigenvalue weighted by Gasteiger charge is -2.19. The average Bonchev–Trinajstić information content (AvgIpc) is 2.85. The Morgan fingerprint density at radius 2 is 1.95 bits per heavy atom. The Labute approximate surface area is 127 Å². The Morgan fingerprint density at radius 1 is 1.27 bits per heavy atom. The highest BCUT2D eigenvalue weighted by atomic mass is 16.7. The van der Waals surface area contributed by atoms with Gasteiger partial charge < -0.3 is 23.5 Å². The molecule has 0 aliphatic heterocycles. The van der Waals surface area contributed by atoms with Crippen molar-refractivity contribution in [3.63, 3.8) is 0 Å². The SMILES string of the molecule is CCOC(=O)CN(C)C(=O)OC(C)OC(=O)c1ccc(C)o1. The van der Waals surface area contributed by atoms with Gasteiger partial charge in [-0.3, -0.25) is 4.79 Å². The fourth-order valence-corrected chi connectivity index (χ4v) is 1.47. The fourth-order valence-electron chi connectivity index (χ4n) is 1.47. The van der Waals surface area contributed by atoms with Gasteiger partial charge in [0.15, 0.2) is 0 Å². The van der Waals surface area contributed by atoms with Gasteiger partial charge in [-0.2, -0.15) is 0 Å². The van der Waals surface area contributed by atoms with Crippen molar-refractivity contribution in [1.29, 1.82) is 0 Å². The molecule has 8 nitrogen and oxygen atoms in total. The van der Waals surface area contributed by atoms with Crippen LogP contribution in [0.15, 0.2) is 16.5 Å². The summed E-state index contributed by atoms with van der Waals surface area (Å²) in [5.41, 5.74) is 0. The van der Waals surface area contributed by atoms with Gasteiger partial charge in [-0.15, -0.1) is 0 Å². The zero-order valence-electron chi connectivity index (χ0n) is 13.0. The van der Waals surface area contributed by atoms with Crippen LogP contribution in [0.25, 0.3) is 0 Å². The summed E-state index contributed by atoms with van der Waals surface area (Å²) in [5, 5.41) is 0. The third-order valence-corrected chi connectivity index (χ3v) is 2.46. The first-order chi connectivity index (χ1) is 10.3. The maximum absolute atomic E-state index is 11.7. The van der Waals surface area contributed by atoms with Crippen molar-refractivity contribution in [2.45, 2.75) is 27.1 Å². The van der Waals surface area contributed by atoms with Crippen molar-refractivity contribution in [3.05, 3.63) is 23.7 Å². The molecular formula is C14H19NO7. The van der Waals surface area contributed by atoms with E-state index in [9.17, 15) is 14.4 Å².